The highest BCUT2D eigenvalue weighted by Gasteiger charge is 2.37. The lowest BCUT2D eigenvalue weighted by Crippen LogP contribution is -2.55. The van der Waals surface area contributed by atoms with E-state index in [0.717, 1.165) is 25.1 Å². The summed E-state index contributed by atoms with van der Waals surface area (Å²) >= 11 is 0. The van der Waals surface area contributed by atoms with Gasteiger partial charge in [-0.15, -0.1) is 0 Å². The lowest BCUT2D eigenvalue weighted by atomic mass is 9.85. The summed E-state index contributed by atoms with van der Waals surface area (Å²) in [5.41, 5.74) is 1.13. The summed E-state index contributed by atoms with van der Waals surface area (Å²) in [4.78, 5) is 29.8. The number of aliphatic carboxylic acids is 1. The van der Waals surface area contributed by atoms with Crippen molar-refractivity contribution in [3.63, 3.8) is 0 Å². The van der Waals surface area contributed by atoms with E-state index in [0.29, 0.717) is 11.6 Å². The number of nitrogens with zero attached hydrogens (tertiary/aromatic N) is 4. The molecule has 27 heavy (non-hydrogen) atoms. The van der Waals surface area contributed by atoms with Crippen LogP contribution in [-0.2, 0) is 4.79 Å². The maximum absolute atomic E-state index is 12.5. The van der Waals surface area contributed by atoms with Crippen molar-refractivity contribution in [3.8, 4) is 5.69 Å². The van der Waals surface area contributed by atoms with Crippen molar-refractivity contribution in [1.82, 2.24) is 25.0 Å². The van der Waals surface area contributed by atoms with Crippen LogP contribution in [0.4, 0.5) is 0 Å². The van der Waals surface area contributed by atoms with Crippen LogP contribution in [0, 0.1) is 5.92 Å². The predicted octanol–water partition coefficient (Wildman–Crippen LogP) is 1.32. The van der Waals surface area contributed by atoms with Crippen LogP contribution < -0.4 is 5.32 Å². The van der Waals surface area contributed by atoms with E-state index in [2.05, 4.69) is 20.3 Å². The van der Waals surface area contributed by atoms with Crippen LogP contribution in [0.2, 0.25) is 0 Å². The van der Waals surface area contributed by atoms with Gasteiger partial charge in [0, 0.05) is 37.2 Å². The largest absolute Gasteiger partial charge is 0.480 e. The van der Waals surface area contributed by atoms with E-state index in [9.17, 15) is 9.59 Å². The van der Waals surface area contributed by atoms with Crippen molar-refractivity contribution in [3.05, 3.63) is 42.5 Å². The first-order chi connectivity index (χ1) is 13.1. The van der Waals surface area contributed by atoms with E-state index in [4.69, 9.17) is 5.11 Å². The minimum absolute atomic E-state index is 0.0631. The van der Waals surface area contributed by atoms with Crippen molar-refractivity contribution in [2.75, 3.05) is 13.1 Å². The fourth-order valence-electron chi connectivity index (χ4n) is 3.52. The van der Waals surface area contributed by atoms with Gasteiger partial charge >= 0.3 is 5.97 Å². The highest BCUT2D eigenvalue weighted by molar-refractivity contribution is 5.93. The lowest BCUT2D eigenvalue weighted by molar-refractivity contribution is -0.139. The Bertz CT molecular complexity index is 813. The molecule has 8 heteroatoms. The van der Waals surface area contributed by atoms with Gasteiger partial charge in [-0.2, -0.15) is 5.10 Å². The second-order valence-corrected chi connectivity index (χ2v) is 7.41. The van der Waals surface area contributed by atoms with Crippen molar-refractivity contribution < 1.29 is 14.7 Å². The zero-order valence-corrected chi connectivity index (χ0v) is 15.0. The Morgan fingerprint density at radius 2 is 2.11 bits per heavy atom. The van der Waals surface area contributed by atoms with E-state index in [1.54, 1.807) is 29.2 Å². The van der Waals surface area contributed by atoms with Gasteiger partial charge < -0.3 is 10.4 Å². The molecular formula is C19H23N5O3. The summed E-state index contributed by atoms with van der Waals surface area (Å²) in [6.45, 7) is 0.931. The molecule has 2 saturated carbocycles. The van der Waals surface area contributed by atoms with E-state index >= 15 is 0 Å². The molecule has 1 amide bonds. The monoisotopic (exact) mass is 369 g/mol. The highest BCUT2D eigenvalue weighted by Crippen LogP contribution is 2.33. The molecule has 0 atom stereocenters. The van der Waals surface area contributed by atoms with Crippen LogP contribution in [-0.4, -0.2) is 61.8 Å². The average molecular weight is 369 g/mol. The van der Waals surface area contributed by atoms with Crippen LogP contribution >= 0.6 is 0 Å². The Hall–Kier alpha value is -2.74. The molecule has 0 unspecified atom stereocenters. The number of hydrogen-bond donors (Lipinski definition) is 2. The molecule has 142 valence electrons. The van der Waals surface area contributed by atoms with E-state index < -0.39 is 5.97 Å². The van der Waals surface area contributed by atoms with E-state index in [1.807, 2.05) is 12.3 Å². The first kappa shape index (κ1) is 17.7. The third-order valence-corrected chi connectivity index (χ3v) is 5.24. The molecule has 2 fully saturated rings. The van der Waals surface area contributed by atoms with Gasteiger partial charge in [0.25, 0.3) is 5.91 Å². The van der Waals surface area contributed by atoms with Gasteiger partial charge in [0.1, 0.15) is 5.69 Å². The van der Waals surface area contributed by atoms with Crippen molar-refractivity contribution >= 4 is 11.9 Å². The number of hydrogen-bond acceptors (Lipinski definition) is 5. The summed E-state index contributed by atoms with van der Waals surface area (Å²) in [7, 11) is 0. The zero-order chi connectivity index (χ0) is 18.8. The SMILES string of the molecule is O=C(O)CN(CC1CC1)C1CC(NC(=O)c2cc(-n3cccn3)ccn2)C1. The Morgan fingerprint density at radius 1 is 1.30 bits per heavy atom. The Labute approximate surface area is 157 Å². The van der Waals surface area contributed by atoms with Gasteiger partial charge in [0.05, 0.1) is 12.2 Å². The van der Waals surface area contributed by atoms with Crippen LogP contribution in [0.25, 0.3) is 5.69 Å². The first-order valence-corrected chi connectivity index (χ1v) is 9.31. The predicted molar refractivity (Wildman–Crippen MR) is 97.6 cm³/mol. The highest BCUT2D eigenvalue weighted by atomic mass is 16.4. The van der Waals surface area contributed by atoms with E-state index in [1.165, 1.54) is 12.8 Å². The standard InChI is InChI=1S/C19H23N5O3/c25-18(26)12-23(11-13-2-3-13)16-8-14(9-16)22-19(27)17-10-15(4-6-20-17)24-7-1-5-21-24/h1,4-7,10,13-14,16H,2-3,8-9,11-12H2,(H,22,27)(H,25,26). The maximum Gasteiger partial charge on any atom is 0.317 e. The van der Waals surface area contributed by atoms with Crippen LogP contribution in [0.1, 0.15) is 36.2 Å². The smallest absolute Gasteiger partial charge is 0.317 e. The number of carboxylic acids is 1. The molecule has 0 saturated heterocycles. The number of amides is 1. The van der Waals surface area contributed by atoms with Gasteiger partial charge in [0.2, 0.25) is 0 Å². The molecular weight excluding hydrogens is 346 g/mol. The van der Waals surface area contributed by atoms with Crippen LogP contribution in [0.3, 0.4) is 0 Å². The van der Waals surface area contributed by atoms with Crippen LogP contribution in [0.5, 0.6) is 0 Å². The van der Waals surface area contributed by atoms with E-state index in [-0.39, 0.29) is 24.5 Å². The van der Waals surface area contributed by atoms with Gasteiger partial charge in [-0.1, -0.05) is 0 Å². The minimum Gasteiger partial charge on any atom is -0.480 e. The fourth-order valence-corrected chi connectivity index (χ4v) is 3.52. The molecule has 2 aliphatic carbocycles. The van der Waals surface area contributed by atoms with Gasteiger partial charge in [-0.05, 0) is 49.8 Å². The van der Waals surface area contributed by atoms with Gasteiger partial charge in [-0.3, -0.25) is 19.5 Å². The summed E-state index contributed by atoms with van der Waals surface area (Å²) in [5.74, 6) is -0.352. The number of pyridine rings is 1. The topological polar surface area (TPSA) is 100 Å². The Balaban J connectivity index is 1.32. The molecule has 2 aromatic rings. The molecule has 0 aromatic carbocycles. The normalized spacial score (nSPS) is 21.7. The third-order valence-electron chi connectivity index (χ3n) is 5.24. The van der Waals surface area contributed by atoms with Crippen molar-refractivity contribution in [1.29, 1.82) is 0 Å². The summed E-state index contributed by atoms with van der Waals surface area (Å²) in [6.07, 6.45) is 9.04. The molecule has 0 radical (unpaired) electrons. The second kappa shape index (κ2) is 7.48. The lowest BCUT2D eigenvalue weighted by Gasteiger charge is -2.42. The molecule has 2 aliphatic rings. The molecule has 4 rings (SSSR count). The first-order valence-electron chi connectivity index (χ1n) is 9.31. The summed E-state index contributed by atoms with van der Waals surface area (Å²) in [6, 6.07) is 5.62. The van der Waals surface area contributed by atoms with Crippen LogP contribution in [0.15, 0.2) is 36.8 Å². The molecule has 0 bridgehead atoms. The summed E-state index contributed by atoms with van der Waals surface area (Å²) < 4.78 is 1.68. The zero-order valence-electron chi connectivity index (χ0n) is 15.0. The number of aromatic nitrogens is 3. The number of carbonyl (C=O) groups excluding carboxylic acids is 1. The second-order valence-electron chi connectivity index (χ2n) is 7.41. The minimum atomic E-state index is -0.789. The number of carboxylic acid groups (broad SMARTS) is 1. The maximum atomic E-state index is 12.5. The number of rotatable bonds is 8. The van der Waals surface area contributed by atoms with Gasteiger partial charge in [0.15, 0.2) is 0 Å². The number of nitrogens with one attached hydrogen (secondary N) is 1. The molecule has 0 aliphatic heterocycles. The quantitative estimate of drug-likeness (QED) is 0.728. The fraction of sp³-hybridized carbons (Fsp3) is 0.474. The molecule has 2 N–H and O–H groups in total. The average Bonchev–Trinajstić information content (AvgIpc) is 3.25. The molecule has 8 nitrogen and oxygen atoms in total. The molecule has 2 aromatic heterocycles. The molecule has 2 heterocycles. The third kappa shape index (κ3) is 4.33. The van der Waals surface area contributed by atoms with Gasteiger partial charge in [-0.25, -0.2) is 4.68 Å². The molecule has 0 spiro atoms. The Morgan fingerprint density at radius 3 is 2.78 bits per heavy atom. The number of carbonyl (C=O) groups is 2. The van der Waals surface area contributed by atoms with Crippen molar-refractivity contribution in [2.24, 2.45) is 5.92 Å². The summed E-state index contributed by atoms with van der Waals surface area (Å²) in [5, 5.41) is 16.3. The Kier molecular flexibility index (Phi) is 4.89. The van der Waals surface area contributed by atoms with Crippen molar-refractivity contribution in [2.45, 2.75) is 37.8 Å².